The van der Waals surface area contributed by atoms with Crippen molar-refractivity contribution >= 4 is 11.9 Å². The van der Waals surface area contributed by atoms with E-state index >= 15 is 0 Å². The van der Waals surface area contributed by atoms with Crippen molar-refractivity contribution in [1.82, 2.24) is 4.90 Å². The van der Waals surface area contributed by atoms with Gasteiger partial charge >= 0.3 is 0 Å². The maximum absolute atomic E-state index is 12.9. The van der Waals surface area contributed by atoms with Crippen LogP contribution in [-0.4, -0.2) is 28.9 Å². The van der Waals surface area contributed by atoms with Crippen molar-refractivity contribution in [2.24, 2.45) is 11.8 Å². The standard InChI is InChI=1S/C26H33NO3/c1-6-19-7-9-20(10-8-19)13-24-25(29)21-11-12-23(28)22(26(21)30-24)16-27(14-17(2)3)15-18(4)5/h7-13,17-18,28H,6,14-16H2,1-5H3/b24-13+. The second-order valence-corrected chi connectivity index (χ2v) is 8.96. The van der Waals surface area contributed by atoms with Gasteiger partial charge in [0, 0.05) is 19.6 Å². The highest BCUT2D eigenvalue weighted by Gasteiger charge is 2.31. The Morgan fingerprint density at radius 2 is 1.63 bits per heavy atom. The topological polar surface area (TPSA) is 49.8 Å². The molecule has 0 spiro atoms. The van der Waals surface area contributed by atoms with E-state index in [9.17, 15) is 9.90 Å². The number of phenolic OH excluding ortho intramolecular Hbond substituents is 1. The summed E-state index contributed by atoms with van der Waals surface area (Å²) in [5, 5.41) is 10.6. The number of hydrogen-bond acceptors (Lipinski definition) is 4. The Morgan fingerprint density at radius 1 is 1.00 bits per heavy atom. The number of rotatable bonds is 8. The third-order valence-electron chi connectivity index (χ3n) is 5.23. The summed E-state index contributed by atoms with van der Waals surface area (Å²) in [6, 6.07) is 11.4. The van der Waals surface area contributed by atoms with Crippen LogP contribution in [0.1, 0.15) is 61.7 Å². The quantitative estimate of drug-likeness (QED) is 0.572. The van der Waals surface area contributed by atoms with Crippen LogP contribution in [0.3, 0.4) is 0 Å². The van der Waals surface area contributed by atoms with E-state index in [2.05, 4.69) is 51.7 Å². The molecule has 0 fully saturated rings. The maximum Gasteiger partial charge on any atom is 0.231 e. The minimum atomic E-state index is -0.134. The number of phenols is 1. The highest BCUT2D eigenvalue weighted by atomic mass is 16.5. The average Bonchev–Trinajstić information content (AvgIpc) is 2.99. The zero-order chi connectivity index (χ0) is 21.8. The number of hydrogen-bond donors (Lipinski definition) is 1. The van der Waals surface area contributed by atoms with E-state index in [1.54, 1.807) is 18.2 Å². The van der Waals surface area contributed by atoms with Gasteiger partial charge in [0.25, 0.3) is 0 Å². The van der Waals surface area contributed by atoms with Gasteiger partial charge in [-0.2, -0.15) is 0 Å². The molecule has 0 aliphatic carbocycles. The van der Waals surface area contributed by atoms with Gasteiger partial charge in [-0.1, -0.05) is 58.9 Å². The molecule has 3 rings (SSSR count). The number of ketones is 1. The Balaban J connectivity index is 1.90. The molecule has 0 amide bonds. The number of fused-ring (bicyclic) bond motifs is 1. The predicted octanol–water partition coefficient (Wildman–Crippen LogP) is 5.68. The zero-order valence-electron chi connectivity index (χ0n) is 18.7. The first-order valence-electron chi connectivity index (χ1n) is 10.9. The van der Waals surface area contributed by atoms with Gasteiger partial charge in [0.1, 0.15) is 11.5 Å². The van der Waals surface area contributed by atoms with Crippen molar-refractivity contribution in [3.63, 3.8) is 0 Å². The SMILES string of the molecule is CCc1ccc(/C=C2/Oc3c(ccc(O)c3CN(CC(C)C)CC(C)C)C2=O)cc1. The lowest BCUT2D eigenvalue weighted by Gasteiger charge is -2.27. The highest BCUT2D eigenvalue weighted by Crippen LogP contribution is 2.40. The molecule has 1 aliphatic heterocycles. The number of Topliss-reactive ketones (excluding diaryl/α,β-unsaturated/α-hetero) is 1. The minimum Gasteiger partial charge on any atom is -0.507 e. The predicted molar refractivity (Wildman–Crippen MR) is 122 cm³/mol. The molecule has 0 radical (unpaired) electrons. The summed E-state index contributed by atoms with van der Waals surface area (Å²) >= 11 is 0. The van der Waals surface area contributed by atoms with Gasteiger partial charge in [0.2, 0.25) is 5.78 Å². The Hall–Kier alpha value is -2.59. The van der Waals surface area contributed by atoms with Crippen molar-refractivity contribution in [3.8, 4) is 11.5 Å². The van der Waals surface area contributed by atoms with Crippen molar-refractivity contribution in [1.29, 1.82) is 0 Å². The Labute approximate surface area is 180 Å². The van der Waals surface area contributed by atoms with Crippen LogP contribution in [0.15, 0.2) is 42.2 Å². The van der Waals surface area contributed by atoms with Gasteiger partial charge in [-0.05, 0) is 47.6 Å². The van der Waals surface area contributed by atoms with E-state index in [4.69, 9.17) is 4.74 Å². The van der Waals surface area contributed by atoms with Crippen LogP contribution in [0.4, 0.5) is 0 Å². The molecular formula is C26H33NO3. The molecule has 30 heavy (non-hydrogen) atoms. The molecule has 0 unspecified atom stereocenters. The molecule has 0 aromatic heterocycles. The first-order valence-corrected chi connectivity index (χ1v) is 10.9. The lowest BCUT2D eigenvalue weighted by atomic mass is 10.0. The molecule has 2 aromatic rings. The normalized spacial score (nSPS) is 14.8. The molecule has 1 heterocycles. The van der Waals surface area contributed by atoms with E-state index in [-0.39, 0.29) is 11.5 Å². The lowest BCUT2D eigenvalue weighted by molar-refractivity contribution is 0.101. The molecule has 2 aromatic carbocycles. The number of benzene rings is 2. The van der Waals surface area contributed by atoms with E-state index < -0.39 is 0 Å². The van der Waals surface area contributed by atoms with E-state index in [0.29, 0.717) is 41.0 Å². The number of aromatic hydroxyl groups is 1. The monoisotopic (exact) mass is 407 g/mol. The van der Waals surface area contributed by atoms with Crippen LogP contribution in [0.25, 0.3) is 6.08 Å². The fraction of sp³-hybridized carbons (Fsp3) is 0.423. The number of ether oxygens (including phenoxy) is 1. The molecule has 0 bridgehead atoms. The molecule has 0 saturated heterocycles. The van der Waals surface area contributed by atoms with Crippen molar-refractivity contribution in [3.05, 3.63) is 64.4 Å². The van der Waals surface area contributed by atoms with Crippen LogP contribution in [-0.2, 0) is 13.0 Å². The summed E-state index contributed by atoms with van der Waals surface area (Å²) in [7, 11) is 0. The minimum absolute atomic E-state index is 0.134. The number of carbonyl (C=O) groups excluding carboxylic acids is 1. The second-order valence-electron chi connectivity index (χ2n) is 8.96. The van der Waals surface area contributed by atoms with Crippen LogP contribution >= 0.6 is 0 Å². The first-order chi connectivity index (χ1) is 14.3. The summed E-state index contributed by atoms with van der Waals surface area (Å²) in [6.07, 6.45) is 2.76. The van der Waals surface area contributed by atoms with E-state index in [1.807, 2.05) is 12.1 Å². The second kappa shape index (κ2) is 9.48. The van der Waals surface area contributed by atoms with Gasteiger partial charge in [-0.25, -0.2) is 0 Å². The molecule has 0 saturated carbocycles. The van der Waals surface area contributed by atoms with Gasteiger partial charge in [-0.3, -0.25) is 9.69 Å². The van der Waals surface area contributed by atoms with Gasteiger partial charge < -0.3 is 9.84 Å². The van der Waals surface area contributed by atoms with Crippen LogP contribution in [0, 0.1) is 11.8 Å². The number of aryl methyl sites for hydroxylation is 1. The lowest BCUT2D eigenvalue weighted by Crippen LogP contribution is -2.31. The number of carbonyl (C=O) groups is 1. The van der Waals surface area contributed by atoms with Crippen LogP contribution < -0.4 is 4.74 Å². The molecule has 160 valence electrons. The number of allylic oxidation sites excluding steroid dienone is 1. The smallest absolute Gasteiger partial charge is 0.231 e. The average molecular weight is 408 g/mol. The van der Waals surface area contributed by atoms with E-state index in [1.165, 1.54) is 5.56 Å². The summed E-state index contributed by atoms with van der Waals surface area (Å²) < 4.78 is 6.03. The molecule has 0 atom stereocenters. The number of nitrogens with zero attached hydrogens (tertiary/aromatic N) is 1. The van der Waals surface area contributed by atoms with Gasteiger partial charge in [0.05, 0.1) is 11.1 Å². The fourth-order valence-electron chi connectivity index (χ4n) is 3.91. The Kier molecular flexibility index (Phi) is 6.99. The maximum atomic E-state index is 12.9. The highest BCUT2D eigenvalue weighted by molar-refractivity contribution is 6.15. The van der Waals surface area contributed by atoms with Gasteiger partial charge in [0.15, 0.2) is 5.76 Å². The van der Waals surface area contributed by atoms with E-state index in [0.717, 1.165) is 25.1 Å². The van der Waals surface area contributed by atoms with Crippen LogP contribution in [0.2, 0.25) is 0 Å². The molecule has 1 N–H and O–H groups in total. The summed E-state index contributed by atoms with van der Waals surface area (Å²) in [6.45, 7) is 13.3. The van der Waals surface area contributed by atoms with Crippen LogP contribution in [0.5, 0.6) is 11.5 Å². The Morgan fingerprint density at radius 3 is 2.20 bits per heavy atom. The third-order valence-corrected chi connectivity index (χ3v) is 5.23. The molecule has 4 heteroatoms. The largest absolute Gasteiger partial charge is 0.507 e. The molecule has 4 nitrogen and oxygen atoms in total. The van der Waals surface area contributed by atoms with Gasteiger partial charge in [-0.15, -0.1) is 0 Å². The van der Waals surface area contributed by atoms with Crippen molar-refractivity contribution in [2.75, 3.05) is 13.1 Å². The van der Waals surface area contributed by atoms with Crippen molar-refractivity contribution < 1.29 is 14.6 Å². The summed E-state index contributed by atoms with van der Waals surface area (Å²) in [5.41, 5.74) is 3.39. The molecule has 1 aliphatic rings. The van der Waals surface area contributed by atoms with Crippen molar-refractivity contribution in [2.45, 2.75) is 47.6 Å². The third kappa shape index (κ3) is 5.11. The summed E-state index contributed by atoms with van der Waals surface area (Å²) in [4.78, 5) is 15.3. The summed E-state index contributed by atoms with van der Waals surface area (Å²) in [5.74, 6) is 1.85. The zero-order valence-corrected chi connectivity index (χ0v) is 18.7. The molecular weight excluding hydrogens is 374 g/mol. The Bertz CT molecular complexity index is 916. The first kappa shape index (κ1) is 22.1. The fourth-order valence-corrected chi connectivity index (χ4v) is 3.91.